The van der Waals surface area contributed by atoms with Crippen LogP contribution in [0, 0.1) is 0 Å². The van der Waals surface area contributed by atoms with Crippen LogP contribution in [-0.4, -0.2) is 39.5 Å². The van der Waals surface area contributed by atoms with Gasteiger partial charge in [0, 0.05) is 24.7 Å². The first-order chi connectivity index (χ1) is 13.0. The average Bonchev–Trinajstić information content (AvgIpc) is 2.94. The minimum absolute atomic E-state index is 0.175. The smallest absolute Gasteiger partial charge is 0.266 e. The van der Waals surface area contributed by atoms with Crippen LogP contribution in [0.25, 0.3) is 0 Å². The maximum atomic E-state index is 13.7. The van der Waals surface area contributed by atoms with Gasteiger partial charge in [-0.25, -0.2) is 8.78 Å². The van der Waals surface area contributed by atoms with Crippen LogP contribution in [0.1, 0.15) is 32.9 Å². The predicted octanol–water partition coefficient (Wildman–Crippen LogP) is 3.78. The third-order valence-corrected chi connectivity index (χ3v) is 4.48. The third kappa shape index (κ3) is 4.89. The van der Waals surface area contributed by atoms with Crippen LogP contribution in [0.15, 0.2) is 18.3 Å². The highest BCUT2D eigenvalue weighted by molar-refractivity contribution is 6.31. The zero-order valence-corrected chi connectivity index (χ0v) is 16.8. The van der Waals surface area contributed by atoms with Gasteiger partial charge in [0.1, 0.15) is 5.69 Å². The summed E-state index contributed by atoms with van der Waals surface area (Å²) in [6, 6.07) is 3.47. The molecule has 4 N–H and O–H groups in total. The highest BCUT2D eigenvalue weighted by atomic mass is 35.5. The topological polar surface area (TPSA) is 92.0 Å². The number of alkyl halides is 2. The Balaban J connectivity index is 1.92. The second-order valence-electron chi connectivity index (χ2n) is 7.82. The molecule has 0 spiro atoms. The standard InChI is InChI=1S/C18H24ClF2N7/c1-17(2,3)27-16-25-14(24-9-12-11(19)5-4-7-23-12)13(22)15(26-16)28-8-6-18(20,21)10-28/h4-5,7H,6,8-10,22H2,1-3H3,(H2,24,25,26,27). The molecular formula is C18H24ClF2N7. The van der Waals surface area contributed by atoms with E-state index in [2.05, 4.69) is 25.6 Å². The number of nitrogen functional groups attached to an aromatic ring is 1. The number of nitrogens with two attached hydrogens (primary N) is 1. The monoisotopic (exact) mass is 411 g/mol. The number of halogens is 3. The van der Waals surface area contributed by atoms with Crippen molar-refractivity contribution in [3.05, 3.63) is 29.0 Å². The summed E-state index contributed by atoms with van der Waals surface area (Å²) in [5, 5.41) is 6.78. The van der Waals surface area contributed by atoms with Gasteiger partial charge in [-0.05, 0) is 32.9 Å². The molecule has 0 radical (unpaired) electrons. The van der Waals surface area contributed by atoms with E-state index in [0.717, 1.165) is 0 Å². The molecule has 0 bridgehead atoms. The van der Waals surface area contributed by atoms with Gasteiger partial charge in [0.15, 0.2) is 11.6 Å². The lowest BCUT2D eigenvalue weighted by Gasteiger charge is -2.25. The van der Waals surface area contributed by atoms with E-state index >= 15 is 0 Å². The average molecular weight is 412 g/mol. The lowest BCUT2D eigenvalue weighted by Crippen LogP contribution is -2.30. The van der Waals surface area contributed by atoms with Crippen LogP contribution in [0.4, 0.5) is 32.1 Å². The highest BCUT2D eigenvalue weighted by Gasteiger charge is 2.40. The molecule has 1 aliphatic rings. The molecular weight excluding hydrogens is 388 g/mol. The molecule has 0 aromatic carbocycles. The van der Waals surface area contributed by atoms with Crippen LogP contribution in [0.2, 0.25) is 5.02 Å². The molecule has 2 aromatic rings. The van der Waals surface area contributed by atoms with Gasteiger partial charge in [0.05, 0.1) is 23.8 Å². The van der Waals surface area contributed by atoms with Crippen molar-refractivity contribution in [2.24, 2.45) is 0 Å². The third-order valence-electron chi connectivity index (χ3n) is 4.14. The molecule has 7 nitrogen and oxygen atoms in total. The summed E-state index contributed by atoms with van der Waals surface area (Å²) in [5.74, 6) is -1.83. The van der Waals surface area contributed by atoms with Gasteiger partial charge in [-0.15, -0.1) is 0 Å². The fraction of sp³-hybridized carbons (Fsp3) is 0.500. The fourth-order valence-electron chi connectivity index (χ4n) is 2.86. The zero-order valence-electron chi connectivity index (χ0n) is 16.1. The number of hydrogen-bond donors (Lipinski definition) is 3. The molecule has 152 valence electrons. The van der Waals surface area contributed by atoms with E-state index in [9.17, 15) is 8.78 Å². The van der Waals surface area contributed by atoms with Crippen molar-refractivity contribution < 1.29 is 8.78 Å². The maximum absolute atomic E-state index is 13.7. The summed E-state index contributed by atoms with van der Waals surface area (Å²) in [7, 11) is 0. The number of anilines is 4. The van der Waals surface area contributed by atoms with E-state index in [4.69, 9.17) is 17.3 Å². The second kappa shape index (κ2) is 7.54. The lowest BCUT2D eigenvalue weighted by molar-refractivity contribution is 0.0257. The quantitative estimate of drug-likeness (QED) is 0.689. The number of nitrogens with one attached hydrogen (secondary N) is 2. The molecule has 3 heterocycles. The summed E-state index contributed by atoms with van der Waals surface area (Å²) < 4.78 is 27.4. The normalized spacial score (nSPS) is 16.3. The van der Waals surface area contributed by atoms with Crippen LogP contribution in [-0.2, 0) is 6.54 Å². The molecule has 28 heavy (non-hydrogen) atoms. The first-order valence-electron chi connectivity index (χ1n) is 8.96. The molecule has 1 saturated heterocycles. The minimum atomic E-state index is -2.76. The lowest BCUT2D eigenvalue weighted by atomic mass is 10.1. The van der Waals surface area contributed by atoms with Crippen LogP contribution < -0.4 is 21.3 Å². The summed E-state index contributed by atoms with van der Waals surface area (Å²) in [4.78, 5) is 14.5. The van der Waals surface area contributed by atoms with Gasteiger partial charge in [-0.1, -0.05) is 11.6 Å². The fourth-order valence-corrected chi connectivity index (χ4v) is 3.05. The Kier molecular flexibility index (Phi) is 5.47. The van der Waals surface area contributed by atoms with Gasteiger partial charge in [0.2, 0.25) is 5.95 Å². The molecule has 1 aliphatic heterocycles. The number of hydrogen-bond acceptors (Lipinski definition) is 7. The van der Waals surface area contributed by atoms with Crippen molar-refractivity contribution in [2.45, 2.75) is 45.2 Å². The largest absolute Gasteiger partial charge is 0.393 e. The van der Waals surface area contributed by atoms with Gasteiger partial charge >= 0.3 is 0 Å². The number of rotatable bonds is 5. The summed E-state index contributed by atoms with van der Waals surface area (Å²) in [5.41, 5.74) is 6.75. The maximum Gasteiger partial charge on any atom is 0.266 e. The van der Waals surface area contributed by atoms with Crippen molar-refractivity contribution in [2.75, 3.05) is 34.4 Å². The Hall–Kier alpha value is -2.42. The Bertz CT molecular complexity index is 854. The van der Waals surface area contributed by atoms with Crippen molar-refractivity contribution in [1.29, 1.82) is 0 Å². The van der Waals surface area contributed by atoms with Gasteiger partial charge < -0.3 is 21.3 Å². The molecule has 10 heteroatoms. The summed E-state index contributed by atoms with van der Waals surface area (Å²) in [6.45, 7) is 5.90. The number of nitrogens with zero attached hydrogens (tertiary/aromatic N) is 4. The van der Waals surface area contributed by atoms with Crippen LogP contribution in [0.5, 0.6) is 0 Å². The van der Waals surface area contributed by atoms with Crippen molar-refractivity contribution >= 4 is 34.9 Å². The molecule has 0 unspecified atom stereocenters. The number of aromatic nitrogens is 3. The van der Waals surface area contributed by atoms with Crippen molar-refractivity contribution in [1.82, 2.24) is 15.0 Å². The molecule has 0 aliphatic carbocycles. The summed E-state index contributed by atoms with van der Waals surface area (Å²) in [6.07, 6.45) is 1.40. The molecule has 0 amide bonds. The molecule has 0 saturated carbocycles. The molecule has 1 fully saturated rings. The van der Waals surface area contributed by atoms with Gasteiger partial charge in [0.25, 0.3) is 5.92 Å². The second-order valence-corrected chi connectivity index (χ2v) is 8.23. The van der Waals surface area contributed by atoms with Gasteiger partial charge in [-0.3, -0.25) is 4.98 Å². The molecule has 3 rings (SSSR count). The van der Waals surface area contributed by atoms with Gasteiger partial charge in [-0.2, -0.15) is 9.97 Å². The van der Waals surface area contributed by atoms with E-state index in [1.54, 1.807) is 18.3 Å². The van der Waals surface area contributed by atoms with E-state index in [-0.39, 0.29) is 36.6 Å². The first kappa shape index (κ1) is 20.3. The Morgan fingerprint density at radius 2 is 2.07 bits per heavy atom. The molecule has 2 aromatic heterocycles. The Morgan fingerprint density at radius 1 is 1.32 bits per heavy atom. The minimum Gasteiger partial charge on any atom is -0.393 e. The SMILES string of the molecule is CC(C)(C)Nc1nc(NCc2ncccc2Cl)c(N)c(N2CCC(F)(F)C2)n1. The van der Waals surface area contributed by atoms with Crippen LogP contribution in [0.3, 0.4) is 0 Å². The van der Waals surface area contributed by atoms with E-state index in [1.165, 1.54) is 4.90 Å². The summed E-state index contributed by atoms with van der Waals surface area (Å²) >= 11 is 6.14. The molecule has 0 atom stereocenters. The first-order valence-corrected chi connectivity index (χ1v) is 9.34. The zero-order chi connectivity index (χ0) is 20.5. The predicted molar refractivity (Wildman–Crippen MR) is 108 cm³/mol. The van der Waals surface area contributed by atoms with Crippen LogP contribution >= 0.6 is 11.6 Å². The Morgan fingerprint density at radius 3 is 2.68 bits per heavy atom. The highest BCUT2D eigenvalue weighted by Crippen LogP contribution is 2.36. The Labute approximate surface area is 167 Å². The number of pyridine rings is 1. The van der Waals surface area contributed by atoms with Crippen molar-refractivity contribution in [3.8, 4) is 0 Å². The van der Waals surface area contributed by atoms with Crippen molar-refractivity contribution in [3.63, 3.8) is 0 Å². The van der Waals surface area contributed by atoms with E-state index in [0.29, 0.717) is 22.5 Å². The van der Waals surface area contributed by atoms with E-state index < -0.39 is 12.5 Å². The van der Waals surface area contributed by atoms with E-state index in [1.807, 2.05) is 20.8 Å².